The van der Waals surface area contributed by atoms with Crippen molar-refractivity contribution in [3.05, 3.63) is 0 Å². The fourth-order valence-corrected chi connectivity index (χ4v) is 2.22. The van der Waals surface area contributed by atoms with E-state index >= 15 is 0 Å². The van der Waals surface area contributed by atoms with Crippen LogP contribution < -0.4 is 5.32 Å². The van der Waals surface area contributed by atoms with E-state index in [1.807, 2.05) is 0 Å². The predicted molar refractivity (Wildman–Crippen MR) is 69.5 cm³/mol. The van der Waals surface area contributed by atoms with Crippen molar-refractivity contribution in [1.29, 1.82) is 0 Å². The largest absolute Gasteiger partial charge is 0.481 e. The molecule has 0 radical (unpaired) electrons. The Balaban J connectivity index is 2.38. The highest BCUT2D eigenvalue weighted by Gasteiger charge is 2.30. The maximum absolute atomic E-state index is 11.9. The zero-order chi connectivity index (χ0) is 13.8. The minimum absolute atomic E-state index is 0.0355. The summed E-state index contributed by atoms with van der Waals surface area (Å²) in [6.45, 7) is 7.68. The van der Waals surface area contributed by atoms with Crippen LogP contribution in [-0.4, -0.2) is 41.1 Å². The average Bonchev–Trinajstić information content (AvgIpc) is 2.28. The Hall–Kier alpha value is -1.26. The van der Waals surface area contributed by atoms with Crippen molar-refractivity contribution >= 4 is 12.0 Å². The second kappa shape index (κ2) is 6.07. The van der Waals surface area contributed by atoms with Crippen molar-refractivity contribution in [2.75, 3.05) is 13.1 Å². The van der Waals surface area contributed by atoms with Gasteiger partial charge in [0.05, 0.1) is 6.42 Å². The van der Waals surface area contributed by atoms with Crippen LogP contribution in [0.5, 0.6) is 0 Å². The monoisotopic (exact) mass is 256 g/mol. The minimum atomic E-state index is -0.889. The van der Waals surface area contributed by atoms with Gasteiger partial charge in [-0.15, -0.1) is 0 Å². The van der Waals surface area contributed by atoms with Gasteiger partial charge in [-0.25, -0.2) is 4.79 Å². The van der Waals surface area contributed by atoms with Crippen molar-refractivity contribution in [1.82, 2.24) is 10.2 Å². The molecule has 0 spiro atoms. The molecule has 0 aliphatic carbocycles. The van der Waals surface area contributed by atoms with E-state index in [0.717, 1.165) is 32.4 Å². The second-order valence-corrected chi connectivity index (χ2v) is 5.60. The van der Waals surface area contributed by atoms with Gasteiger partial charge < -0.3 is 15.3 Å². The molecule has 0 aromatic carbocycles. The van der Waals surface area contributed by atoms with E-state index in [1.165, 1.54) is 0 Å². The minimum Gasteiger partial charge on any atom is -0.481 e. The van der Waals surface area contributed by atoms with Crippen LogP contribution in [0, 0.1) is 5.41 Å². The van der Waals surface area contributed by atoms with E-state index in [-0.39, 0.29) is 18.5 Å². The van der Waals surface area contributed by atoms with Crippen LogP contribution in [0.25, 0.3) is 0 Å². The molecule has 0 saturated carbocycles. The highest BCUT2D eigenvalue weighted by molar-refractivity contribution is 5.76. The molecule has 0 aromatic rings. The third-order valence-corrected chi connectivity index (χ3v) is 3.96. The van der Waals surface area contributed by atoms with Gasteiger partial charge >= 0.3 is 12.0 Å². The first-order valence-electron chi connectivity index (χ1n) is 6.63. The summed E-state index contributed by atoms with van der Waals surface area (Å²) in [4.78, 5) is 24.2. The van der Waals surface area contributed by atoms with E-state index in [9.17, 15) is 9.59 Å². The SMILES string of the molecule is CCC1(C)CCN(C(=O)NC(C)CC(=O)O)CC1. The molecule has 5 heteroatoms. The number of aliphatic carboxylic acids is 1. The van der Waals surface area contributed by atoms with E-state index in [0.29, 0.717) is 5.41 Å². The molecule has 0 aromatic heterocycles. The highest BCUT2D eigenvalue weighted by Crippen LogP contribution is 2.33. The second-order valence-electron chi connectivity index (χ2n) is 5.60. The molecule has 1 heterocycles. The van der Waals surface area contributed by atoms with E-state index < -0.39 is 5.97 Å². The Kier molecular flexibility index (Phi) is 4.99. The van der Waals surface area contributed by atoms with Crippen molar-refractivity contribution in [2.24, 2.45) is 5.41 Å². The molecule has 18 heavy (non-hydrogen) atoms. The molecule has 1 unspecified atom stereocenters. The molecule has 0 bridgehead atoms. The van der Waals surface area contributed by atoms with Crippen molar-refractivity contribution in [3.8, 4) is 0 Å². The lowest BCUT2D eigenvalue weighted by Gasteiger charge is -2.39. The number of likely N-dealkylation sites (tertiary alicyclic amines) is 1. The van der Waals surface area contributed by atoms with E-state index in [4.69, 9.17) is 5.11 Å². The first-order chi connectivity index (χ1) is 8.36. The fraction of sp³-hybridized carbons (Fsp3) is 0.846. The Morgan fingerprint density at radius 2 is 1.94 bits per heavy atom. The first kappa shape index (κ1) is 14.8. The number of piperidine rings is 1. The topological polar surface area (TPSA) is 69.6 Å². The van der Waals surface area contributed by atoms with Gasteiger partial charge in [0, 0.05) is 19.1 Å². The van der Waals surface area contributed by atoms with Gasteiger partial charge in [-0.1, -0.05) is 20.3 Å². The molecule has 5 nitrogen and oxygen atoms in total. The summed E-state index contributed by atoms with van der Waals surface area (Å²) >= 11 is 0. The first-order valence-corrected chi connectivity index (χ1v) is 6.63. The summed E-state index contributed by atoms with van der Waals surface area (Å²) in [5.74, 6) is -0.889. The quantitative estimate of drug-likeness (QED) is 0.809. The Morgan fingerprint density at radius 1 is 1.39 bits per heavy atom. The average molecular weight is 256 g/mol. The number of nitrogens with zero attached hydrogens (tertiary/aromatic N) is 1. The fourth-order valence-electron chi connectivity index (χ4n) is 2.22. The molecule has 104 valence electrons. The van der Waals surface area contributed by atoms with Gasteiger partial charge in [0.1, 0.15) is 0 Å². The Labute approximate surface area is 109 Å². The van der Waals surface area contributed by atoms with Crippen LogP contribution in [0.1, 0.15) is 46.5 Å². The number of carboxylic acid groups (broad SMARTS) is 1. The maximum atomic E-state index is 11.9. The highest BCUT2D eigenvalue weighted by atomic mass is 16.4. The summed E-state index contributed by atoms with van der Waals surface area (Å²) in [6, 6.07) is -0.462. The molecule has 1 rings (SSSR count). The summed E-state index contributed by atoms with van der Waals surface area (Å²) < 4.78 is 0. The number of hydrogen-bond donors (Lipinski definition) is 2. The smallest absolute Gasteiger partial charge is 0.317 e. The van der Waals surface area contributed by atoms with Gasteiger partial charge in [0.15, 0.2) is 0 Å². The molecule has 1 aliphatic rings. The number of carbonyl (C=O) groups excluding carboxylic acids is 1. The predicted octanol–water partition coefficient (Wildman–Crippen LogP) is 2.07. The Bertz CT molecular complexity index is 309. The number of amides is 2. The number of rotatable bonds is 4. The van der Waals surface area contributed by atoms with Crippen LogP contribution in [0.4, 0.5) is 4.79 Å². The van der Waals surface area contributed by atoms with Crippen LogP contribution in [0.15, 0.2) is 0 Å². The zero-order valence-corrected chi connectivity index (χ0v) is 11.5. The molecule has 2 amide bonds. The number of carboxylic acids is 1. The van der Waals surface area contributed by atoms with E-state index in [1.54, 1.807) is 11.8 Å². The van der Waals surface area contributed by atoms with Crippen LogP contribution in [0.2, 0.25) is 0 Å². The van der Waals surface area contributed by atoms with Gasteiger partial charge in [0.25, 0.3) is 0 Å². The van der Waals surface area contributed by atoms with Crippen LogP contribution in [0.3, 0.4) is 0 Å². The number of hydrogen-bond acceptors (Lipinski definition) is 2. The third-order valence-electron chi connectivity index (χ3n) is 3.96. The molecule has 1 aliphatic heterocycles. The lowest BCUT2D eigenvalue weighted by molar-refractivity contribution is -0.137. The molecule has 2 N–H and O–H groups in total. The van der Waals surface area contributed by atoms with Crippen molar-refractivity contribution in [3.63, 3.8) is 0 Å². The van der Waals surface area contributed by atoms with Gasteiger partial charge in [-0.3, -0.25) is 4.79 Å². The van der Waals surface area contributed by atoms with Gasteiger partial charge in [-0.05, 0) is 25.2 Å². The summed E-state index contributed by atoms with van der Waals surface area (Å²) in [5, 5.41) is 11.4. The van der Waals surface area contributed by atoms with E-state index in [2.05, 4.69) is 19.2 Å². The molecule has 1 fully saturated rings. The number of urea groups is 1. The maximum Gasteiger partial charge on any atom is 0.317 e. The zero-order valence-electron chi connectivity index (χ0n) is 11.5. The third kappa shape index (κ3) is 4.20. The lowest BCUT2D eigenvalue weighted by atomic mass is 9.78. The molecule has 1 atom stereocenters. The molecule has 1 saturated heterocycles. The molecular weight excluding hydrogens is 232 g/mol. The van der Waals surface area contributed by atoms with Crippen molar-refractivity contribution < 1.29 is 14.7 Å². The van der Waals surface area contributed by atoms with Gasteiger partial charge in [-0.2, -0.15) is 0 Å². The van der Waals surface area contributed by atoms with Crippen molar-refractivity contribution in [2.45, 2.75) is 52.5 Å². The van der Waals surface area contributed by atoms with Gasteiger partial charge in [0.2, 0.25) is 0 Å². The summed E-state index contributed by atoms with van der Waals surface area (Å²) in [6.07, 6.45) is 3.14. The molecular formula is C13H24N2O3. The standard InChI is InChI=1S/C13H24N2O3/c1-4-13(3)5-7-15(8-6-13)12(18)14-10(2)9-11(16)17/h10H,4-9H2,1-3H3,(H,14,18)(H,16,17). The van der Waals surface area contributed by atoms with Crippen LogP contribution in [-0.2, 0) is 4.79 Å². The lowest BCUT2D eigenvalue weighted by Crippen LogP contribution is -2.49. The van der Waals surface area contributed by atoms with Crippen LogP contribution >= 0.6 is 0 Å². The summed E-state index contributed by atoms with van der Waals surface area (Å²) in [5.41, 5.74) is 0.351. The number of nitrogens with one attached hydrogen (secondary N) is 1. The summed E-state index contributed by atoms with van der Waals surface area (Å²) in [7, 11) is 0. The number of carbonyl (C=O) groups is 2. The normalized spacial score (nSPS) is 20.3. The Morgan fingerprint density at radius 3 is 2.39 bits per heavy atom.